The molecule has 0 saturated carbocycles. The van der Waals surface area contributed by atoms with E-state index in [2.05, 4.69) is 10.6 Å². The largest absolute Gasteiger partial charge is 0.508 e. The zero-order chi connectivity index (χ0) is 14.1. The van der Waals surface area contributed by atoms with E-state index in [1.54, 1.807) is 12.1 Å². The van der Waals surface area contributed by atoms with Crippen LogP contribution in [0.25, 0.3) is 10.9 Å². The average molecular weight is 282 g/mol. The quantitative estimate of drug-likeness (QED) is 0.726. The summed E-state index contributed by atoms with van der Waals surface area (Å²) in [6.07, 6.45) is 2.03. The van der Waals surface area contributed by atoms with Crippen molar-refractivity contribution in [3.05, 3.63) is 65.9 Å². The van der Waals surface area contributed by atoms with E-state index < -0.39 is 0 Å². The van der Waals surface area contributed by atoms with Gasteiger partial charge in [0.1, 0.15) is 10.7 Å². The van der Waals surface area contributed by atoms with E-state index in [4.69, 9.17) is 18.0 Å². The summed E-state index contributed by atoms with van der Waals surface area (Å²) in [5.74, 6) is 0.280. The second kappa shape index (κ2) is 4.98. The van der Waals surface area contributed by atoms with Gasteiger partial charge >= 0.3 is 0 Å². The van der Waals surface area contributed by atoms with Crippen LogP contribution in [0.15, 0.2) is 54.7 Å². The molecule has 1 heterocycles. The molecule has 3 rings (SSSR count). The summed E-state index contributed by atoms with van der Waals surface area (Å²) < 4.78 is 2.12. The first kappa shape index (κ1) is 12.7. The third-order valence-corrected chi connectivity index (χ3v) is 3.56. The fraction of sp³-hybridized carbons (Fsp3) is 0.0625. The predicted molar refractivity (Wildman–Crippen MR) is 85.0 cm³/mol. The second-order valence-corrected chi connectivity index (χ2v) is 5.19. The molecule has 0 fully saturated rings. The number of aromatic hydroxyl groups is 1. The van der Waals surface area contributed by atoms with E-state index in [1.807, 2.05) is 36.5 Å². The van der Waals surface area contributed by atoms with Gasteiger partial charge < -0.3 is 15.4 Å². The van der Waals surface area contributed by atoms with Crippen LogP contribution in [-0.2, 0) is 6.54 Å². The van der Waals surface area contributed by atoms with Crippen LogP contribution < -0.4 is 5.73 Å². The number of nitrogens with two attached hydrogens (primary N) is 1. The van der Waals surface area contributed by atoms with Crippen LogP contribution in [0.5, 0.6) is 5.75 Å². The van der Waals surface area contributed by atoms with Gasteiger partial charge in [0.2, 0.25) is 0 Å². The standard InChI is InChI=1S/C16H14N2OS/c17-16(20)13-5-4-12-6-7-18(15(12)9-13)10-11-2-1-3-14(19)8-11/h1-9,19H,10H2,(H2,17,20). The minimum Gasteiger partial charge on any atom is -0.508 e. The van der Waals surface area contributed by atoms with Crippen molar-refractivity contribution in [3.8, 4) is 5.75 Å². The molecule has 0 unspecified atom stereocenters. The van der Waals surface area contributed by atoms with Gasteiger partial charge in [0.15, 0.2) is 0 Å². The van der Waals surface area contributed by atoms with Crippen molar-refractivity contribution < 1.29 is 5.11 Å². The number of fused-ring (bicyclic) bond motifs is 1. The lowest BCUT2D eigenvalue weighted by molar-refractivity contribution is 0.474. The highest BCUT2D eigenvalue weighted by Gasteiger charge is 2.05. The summed E-state index contributed by atoms with van der Waals surface area (Å²) in [6.45, 7) is 0.693. The maximum absolute atomic E-state index is 9.53. The zero-order valence-electron chi connectivity index (χ0n) is 10.8. The Balaban J connectivity index is 2.03. The molecule has 100 valence electrons. The Hall–Kier alpha value is -2.33. The fourth-order valence-electron chi connectivity index (χ4n) is 2.33. The highest BCUT2D eigenvalue weighted by molar-refractivity contribution is 7.80. The Morgan fingerprint density at radius 2 is 2.00 bits per heavy atom. The monoisotopic (exact) mass is 282 g/mol. The van der Waals surface area contributed by atoms with E-state index in [9.17, 15) is 5.11 Å². The molecule has 3 nitrogen and oxygen atoms in total. The van der Waals surface area contributed by atoms with Crippen molar-refractivity contribution in [1.82, 2.24) is 4.57 Å². The van der Waals surface area contributed by atoms with Gasteiger partial charge in [0.05, 0.1) is 0 Å². The SMILES string of the molecule is NC(=S)c1ccc2ccn(Cc3cccc(O)c3)c2c1. The number of aromatic nitrogens is 1. The number of nitrogens with zero attached hydrogens (tertiary/aromatic N) is 1. The minimum absolute atomic E-state index is 0.280. The van der Waals surface area contributed by atoms with E-state index in [0.29, 0.717) is 11.5 Å². The van der Waals surface area contributed by atoms with Gasteiger partial charge in [-0.25, -0.2) is 0 Å². The van der Waals surface area contributed by atoms with Gasteiger partial charge in [-0.2, -0.15) is 0 Å². The number of rotatable bonds is 3. The molecule has 0 amide bonds. The maximum Gasteiger partial charge on any atom is 0.115 e. The Bertz CT molecular complexity index is 792. The lowest BCUT2D eigenvalue weighted by Gasteiger charge is -2.07. The number of thiocarbonyl (C=S) groups is 1. The molecule has 0 saturated heterocycles. The highest BCUT2D eigenvalue weighted by Crippen LogP contribution is 2.20. The summed E-state index contributed by atoms with van der Waals surface area (Å²) in [5, 5.41) is 10.7. The van der Waals surface area contributed by atoms with Crippen LogP contribution >= 0.6 is 12.2 Å². The molecule has 0 spiro atoms. The molecule has 0 aliphatic carbocycles. The number of hydrogen-bond acceptors (Lipinski definition) is 2. The molecule has 3 aromatic rings. The smallest absolute Gasteiger partial charge is 0.115 e. The van der Waals surface area contributed by atoms with Crippen LogP contribution in [0.1, 0.15) is 11.1 Å². The van der Waals surface area contributed by atoms with Crippen LogP contribution in [0.3, 0.4) is 0 Å². The zero-order valence-corrected chi connectivity index (χ0v) is 11.6. The molecule has 0 atom stereocenters. The number of hydrogen-bond donors (Lipinski definition) is 2. The van der Waals surface area contributed by atoms with Crippen molar-refractivity contribution in [3.63, 3.8) is 0 Å². The van der Waals surface area contributed by atoms with Gasteiger partial charge in [-0.3, -0.25) is 0 Å². The highest BCUT2D eigenvalue weighted by atomic mass is 32.1. The molecular formula is C16H14N2OS. The van der Waals surface area contributed by atoms with E-state index in [-0.39, 0.29) is 5.75 Å². The van der Waals surface area contributed by atoms with Gasteiger partial charge in [0, 0.05) is 23.8 Å². The molecule has 0 bridgehead atoms. The van der Waals surface area contributed by atoms with Crippen molar-refractivity contribution in [2.45, 2.75) is 6.54 Å². The van der Waals surface area contributed by atoms with E-state index >= 15 is 0 Å². The number of phenolic OH excluding ortho intramolecular Hbond substituents is 1. The third kappa shape index (κ3) is 2.38. The van der Waals surface area contributed by atoms with Crippen LogP contribution in [-0.4, -0.2) is 14.7 Å². The Labute approximate surface area is 122 Å². The van der Waals surface area contributed by atoms with Crippen LogP contribution in [0.2, 0.25) is 0 Å². The van der Waals surface area contributed by atoms with Gasteiger partial charge in [0.25, 0.3) is 0 Å². The second-order valence-electron chi connectivity index (χ2n) is 4.75. The minimum atomic E-state index is 0.280. The van der Waals surface area contributed by atoms with Crippen molar-refractivity contribution in [2.24, 2.45) is 5.73 Å². The molecular weight excluding hydrogens is 268 g/mol. The first-order valence-corrected chi connectivity index (χ1v) is 6.71. The molecule has 1 aromatic heterocycles. The van der Waals surface area contributed by atoms with Gasteiger partial charge in [-0.15, -0.1) is 0 Å². The predicted octanol–water partition coefficient (Wildman–Crippen LogP) is 3.03. The summed E-state index contributed by atoms with van der Waals surface area (Å²) >= 11 is 5.02. The van der Waals surface area contributed by atoms with Crippen LogP contribution in [0, 0.1) is 0 Å². The molecule has 4 heteroatoms. The molecule has 0 aliphatic heterocycles. The summed E-state index contributed by atoms with van der Waals surface area (Å²) in [4.78, 5) is 0.400. The Morgan fingerprint density at radius 1 is 1.15 bits per heavy atom. The number of phenols is 1. The first-order valence-electron chi connectivity index (χ1n) is 6.30. The lowest BCUT2D eigenvalue weighted by Crippen LogP contribution is -2.09. The van der Waals surface area contributed by atoms with E-state index in [1.165, 1.54) is 0 Å². The average Bonchev–Trinajstić information content (AvgIpc) is 2.81. The lowest BCUT2D eigenvalue weighted by atomic mass is 10.1. The molecule has 0 radical (unpaired) electrons. The first-order chi connectivity index (χ1) is 9.63. The molecule has 3 N–H and O–H groups in total. The normalized spacial score (nSPS) is 10.8. The summed E-state index contributed by atoms with van der Waals surface area (Å²) in [5.41, 5.74) is 8.68. The topological polar surface area (TPSA) is 51.2 Å². The van der Waals surface area contributed by atoms with Crippen molar-refractivity contribution in [1.29, 1.82) is 0 Å². The van der Waals surface area contributed by atoms with Gasteiger partial charge in [-0.1, -0.05) is 36.5 Å². The summed E-state index contributed by atoms with van der Waals surface area (Å²) in [6, 6.07) is 15.3. The molecule has 20 heavy (non-hydrogen) atoms. The number of benzene rings is 2. The van der Waals surface area contributed by atoms with Crippen molar-refractivity contribution in [2.75, 3.05) is 0 Å². The molecule has 0 aliphatic rings. The third-order valence-electron chi connectivity index (χ3n) is 3.32. The Kier molecular flexibility index (Phi) is 3.16. The molecule has 2 aromatic carbocycles. The van der Waals surface area contributed by atoms with Gasteiger partial charge in [-0.05, 0) is 35.2 Å². The van der Waals surface area contributed by atoms with Crippen molar-refractivity contribution >= 4 is 28.1 Å². The van der Waals surface area contributed by atoms with E-state index in [0.717, 1.165) is 22.0 Å². The van der Waals surface area contributed by atoms with Crippen LogP contribution in [0.4, 0.5) is 0 Å². The maximum atomic E-state index is 9.53. The summed E-state index contributed by atoms with van der Waals surface area (Å²) in [7, 11) is 0. The Morgan fingerprint density at radius 3 is 2.75 bits per heavy atom. The fourth-order valence-corrected chi connectivity index (χ4v) is 2.45.